The highest BCUT2D eigenvalue weighted by molar-refractivity contribution is 5.71. The fraction of sp³-hybridized carbons (Fsp3) is 0.604. The van der Waals surface area contributed by atoms with Crippen molar-refractivity contribution in [3.63, 3.8) is 0 Å². The Labute approximate surface area is 361 Å². The zero-order valence-electron chi connectivity index (χ0n) is 37.7. The number of hydrogen-bond donors (Lipinski definition) is 0. The number of esters is 3. The Morgan fingerprint density at radius 3 is 1.08 bits per heavy atom. The molecule has 59 heavy (non-hydrogen) atoms. The van der Waals surface area contributed by atoms with Crippen LogP contribution in [-0.2, 0) is 28.6 Å². The maximum atomic E-state index is 12.7. The topological polar surface area (TPSA) is 78.9 Å². The minimum absolute atomic E-state index is 0.120. The van der Waals surface area contributed by atoms with Gasteiger partial charge in [0.15, 0.2) is 6.10 Å². The van der Waals surface area contributed by atoms with E-state index in [9.17, 15) is 14.4 Å². The van der Waals surface area contributed by atoms with Gasteiger partial charge in [-0.05, 0) is 51.4 Å². The van der Waals surface area contributed by atoms with Gasteiger partial charge in [0.05, 0.1) is 0 Å². The van der Waals surface area contributed by atoms with Crippen molar-refractivity contribution in [2.75, 3.05) is 13.2 Å². The summed E-state index contributed by atoms with van der Waals surface area (Å²) in [7, 11) is 0. The fourth-order valence-electron chi connectivity index (χ4n) is 6.01. The van der Waals surface area contributed by atoms with Crippen LogP contribution in [0.15, 0.2) is 109 Å². The van der Waals surface area contributed by atoms with Crippen LogP contribution in [0, 0.1) is 0 Å². The molecular weight excluding hydrogens is 733 g/mol. The molecule has 0 aromatic rings. The highest BCUT2D eigenvalue weighted by Gasteiger charge is 2.19. The standard InChI is InChI=1S/C53H84O6/c1-4-7-10-13-16-19-22-25-26-29-31-34-37-40-43-46-52(55)58-49-50(59-53(56)47-44-41-38-35-32-28-24-21-18-15-12-9-6-3)48-57-51(54)45-42-39-36-33-30-27-23-20-17-14-11-8-5-2/h8-9,11-12,14-15,17-18,20-21,23-24,27-28,30,32,35,38,50H,4-7,10,13,16,19,22,25-26,29,31,33-34,36-37,39-49H2,1-3H3/b11-8-,12-9-,17-14-,18-15-,23-20-,24-21-,30-27-,32-28-,38-35-. The van der Waals surface area contributed by atoms with Gasteiger partial charge in [-0.2, -0.15) is 0 Å². The van der Waals surface area contributed by atoms with E-state index in [0.717, 1.165) is 64.2 Å². The van der Waals surface area contributed by atoms with Gasteiger partial charge in [-0.3, -0.25) is 14.4 Å². The molecule has 0 N–H and O–H groups in total. The number of hydrogen-bond acceptors (Lipinski definition) is 6. The average molecular weight is 817 g/mol. The Kier molecular flexibility index (Phi) is 43.6. The second kappa shape index (κ2) is 46.8. The SMILES string of the molecule is CC\C=C/C=C\C=C/C=C\C=C/CCCC(=O)OC(COC(=O)CCCCC\C=C/C=C\C=C/C=C\CC)COC(=O)CCCCCCCCCCCCCCCCC. The second-order valence-electron chi connectivity index (χ2n) is 15.1. The van der Waals surface area contributed by atoms with Gasteiger partial charge in [0.2, 0.25) is 0 Å². The molecule has 0 aromatic carbocycles. The Balaban J connectivity index is 4.55. The molecule has 0 saturated heterocycles. The van der Waals surface area contributed by atoms with Gasteiger partial charge in [-0.25, -0.2) is 0 Å². The molecule has 0 aliphatic carbocycles. The summed E-state index contributed by atoms with van der Waals surface area (Å²) in [6, 6.07) is 0. The fourth-order valence-corrected chi connectivity index (χ4v) is 6.01. The third-order valence-electron chi connectivity index (χ3n) is 9.50. The van der Waals surface area contributed by atoms with E-state index in [1.807, 2.05) is 91.1 Å². The first-order valence-corrected chi connectivity index (χ1v) is 23.5. The molecule has 0 fully saturated rings. The van der Waals surface area contributed by atoms with E-state index < -0.39 is 12.1 Å². The van der Waals surface area contributed by atoms with E-state index >= 15 is 0 Å². The van der Waals surface area contributed by atoms with Crippen LogP contribution < -0.4 is 0 Å². The third-order valence-corrected chi connectivity index (χ3v) is 9.50. The molecule has 0 spiro atoms. The van der Waals surface area contributed by atoms with Crippen LogP contribution in [0.4, 0.5) is 0 Å². The van der Waals surface area contributed by atoms with Crippen molar-refractivity contribution in [1.82, 2.24) is 0 Å². The van der Waals surface area contributed by atoms with Gasteiger partial charge in [0, 0.05) is 19.3 Å². The molecule has 0 bridgehead atoms. The number of carbonyl (C=O) groups is 3. The van der Waals surface area contributed by atoms with E-state index in [1.54, 1.807) is 0 Å². The summed E-state index contributed by atoms with van der Waals surface area (Å²) in [4.78, 5) is 37.8. The maximum Gasteiger partial charge on any atom is 0.306 e. The van der Waals surface area contributed by atoms with Gasteiger partial charge < -0.3 is 14.2 Å². The summed E-state index contributed by atoms with van der Waals surface area (Å²) in [6.07, 6.45) is 62.2. The van der Waals surface area contributed by atoms with Crippen molar-refractivity contribution in [2.24, 2.45) is 0 Å². The number of carbonyl (C=O) groups excluding carboxylic acids is 3. The van der Waals surface area contributed by atoms with E-state index in [-0.39, 0.29) is 31.6 Å². The van der Waals surface area contributed by atoms with Crippen molar-refractivity contribution in [3.05, 3.63) is 109 Å². The van der Waals surface area contributed by atoms with E-state index in [4.69, 9.17) is 14.2 Å². The van der Waals surface area contributed by atoms with Crippen LogP contribution in [0.3, 0.4) is 0 Å². The van der Waals surface area contributed by atoms with Crippen LogP contribution in [-0.4, -0.2) is 37.2 Å². The predicted molar refractivity (Wildman–Crippen MR) is 251 cm³/mol. The lowest BCUT2D eigenvalue weighted by Gasteiger charge is -2.18. The van der Waals surface area contributed by atoms with Gasteiger partial charge in [0.25, 0.3) is 0 Å². The van der Waals surface area contributed by atoms with Crippen LogP contribution in [0.2, 0.25) is 0 Å². The van der Waals surface area contributed by atoms with E-state index in [0.29, 0.717) is 19.3 Å². The Hall–Kier alpha value is -3.93. The summed E-state index contributed by atoms with van der Waals surface area (Å²) in [5.41, 5.74) is 0. The number of allylic oxidation sites excluding steroid dienone is 18. The largest absolute Gasteiger partial charge is 0.462 e. The maximum absolute atomic E-state index is 12.7. The molecule has 1 atom stereocenters. The molecule has 0 radical (unpaired) electrons. The molecule has 6 heteroatoms. The molecule has 6 nitrogen and oxygen atoms in total. The number of ether oxygens (including phenoxy) is 3. The molecule has 0 aliphatic heterocycles. The van der Waals surface area contributed by atoms with Gasteiger partial charge in [-0.15, -0.1) is 0 Å². The lowest BCUT2D eigenvalue weighted by molar-refractivity contribution is -0.167. The van der Waals surface area contributed by atoms with Crippen LogP contribution >= 0.6 is 0 Å². The minimum Gasteiger partial charge on any atom is -0.462 e. The predicted octanol–water partition coefficient (Wildman–Crippen LogP) is 15.2. The molecule has 0 heterocycles. The molecule has 0 amide bonds. The summed E-state index contributed by atoms with van der Waals surface area (Å²) >= 11 is 0. The Bertz CT molecular complexity index is 1260. The minimum atomic E-state index is -0.830. The quantitative estimate of drug-likeness (QED) is 0.0265. The van der Waals surface area contributed by atoms with Crippen LogP contribution in [0.1, 0.15) is 188 Å². The zero-order valence-corrected chi connectivity index (χ0v) is 37.7. The summed E-state index contributed by atoms with van der Waals surface area (Å²) < 4.78 is 16.6. The van der Waals surface area contributed by atoms with Crippen LogP contribution in [0.5, 0.6) is 0 Å². The van der Waals surface area contributed by atoms with Gasteiger partial charge >= 0.3 is 17.9 Å². The Morgan fingerprint density at radius 2 is 0.678 bits per heavy atom. The summed E-state index contributed by atoms with van der Waals surface area (Å²) in [6.45, 7) is 6.23. The molecule has 1 unspecified atom stereocenters. The molecule has 0 saturated carbocycles. The monoisotopic (exact) mass is 817 g/mol. The third kappa shape index (κ3) is 45.0. The van der Waals surface area contributed by atoms with E-state index in [2.05, 4.69) is 39.0 Å². The second-order valence-corrected chi connectivity index (χ2v) is 15.1. The Morgan fingerprint density at radius 1 is 0.356 bits per heavy atom. The summed E-state index contributed by atoms with van der Waals surface area (Å²) in [5.74, 6) is -1.04. The first-order valence-electron chi connectivity index (χ1n) is 23.5. The number of rotatable bonds is 40. The van der Waals surface area contributed by atoms with E-state index in [1.165, 1.54) is 77.0 Å². The summed E-state index contributed by atoms with van der Waals surface area (Å²) in [5, 5.41) is 0. The molecular formula is C53H84O6. The highest BCUT2D eigenvalue weighted by atomic mass is 16.6. The normalized spacial score (nSPS) is 13.1. The zero-order chi connectivity index (χ0) is 43.0. The average Bonchev–Trinajstić information content (AvgIpc) is 3.23. The molecule has 0 aromatic heterocycles. The smallest absolute Gasteiger partial charge is 0.306 e. The molecule has 332 valence electrons. The van der Waals surface area contributed by atoms with Crippen molar-refractivity contribution >= 4 is 17.9 Å². The first kappa shape index (κ1) is 55.1. The molecule has 0 aliphatic rings. The van der Waals surface area contributed by atoms with Crippen molar-refractivity contribution in [1.29, 1.82) is 0 Å². The van der Waals surface area contributed by atoms with Gasteiger partial charge in [-0.1, -0.05) is 226 Å². The van der Waals surface area contributed by atoms with Gasteiger partial charge in [0.1, 0.15) is 13.2 Å². The van der Waals surface area contributed by atoms with Crippen LogP contribution in [0.25, 0.3) is 0 Å². The van der Waals surface area contributed by atoms with Crippen molar-refractivity contribution in [3.8, 4) is 0 Å². The van der Waals surface area contributed by atoms with Crippen molar-refractivity contribution < 1.29 is 28.6 Å². The lowest BCUT2D eigenvalue weighted by atomic mass is 10.0. The lowest BCUT2D eigenvalue weighted by Crippen LogP contribution is -2.30. The number of unbranched alkanes of at least 4 members (excludes halogenated alkanes) is 18. The first-order chi connectivity index (χ1) is 29.0. The van der Waals surface area contributed by atoms with Crippen molar-refractivity contribution in [2.45, 2.75) is 194 Å². The molecule has 0 rings (SSSR count). The highest BCUT2D eigenvalue weighted by Crippen LogP contribution is 2.14.